The number of unbranched alkanes of at least 4 members (excludes halogenated alkanes) is 1. The number of rotatable bonds is 11. The molecule has 1 aromatic rings. The van der Waals surface area contributed by atoms with Crippen molar-refractivity contribution in [2.45, 2.75) is 76.3 Å². The summed E-state index contributed by atoms with van der Waals surface area (Å²) in [5.74, 6) is -1.41. The molecule has 0 aliphatic carbocycles. The lowest BCUT2D eigenvalue weighted by molar-refractivity contribution is 0.0798. The van der Waals surface area contributed by atoms with Crippen molar-refractivity contribution in [1.29, 1.82) is 0 Å². The van der Waals surface area contributed by atoms with E-state index >= 15 is 0 Å². The van der Waals surface area contributed by atoms with Crippen LogP contribution in [0.25, 0.3) is 0 Å². The molecule has 0 amide bonds. The summed E-state index contributed by atoms with van der Waals surface area (Å²) >= 11 is 0. The number of halogens is 3. The molecule has 9 heteroatoms. The van der Waals surface area contributed by atoms with Gasteiger partial charge in [0.2, 0.25) is 10.0 Å². The van der Waals surface area contributed by atoms with Crippen LogP contribution in [-0.2, 0) is 10.0 Å². The Labute approximate surface area is 172 Å². The van der Waals surface area contributed by atoms with Gasteiger partial charge in [-0.15, -0.1) is 0 Å². The number of hydrogen-bond acceptors (Lipinski definition) is 4. The van der Waals surface area contributed by atoms with Crippen LogP contribution in [0.3, 0.4) is 0 Å². The monoisotopic (exact) mass is 438 g/mol. The van der Waals surface area contributed by atoms with E-state index in [0.29, 0.717) is 6.42 Å². The molecule has 0 saturated heterocycles. The lowest BCUT2D eigenvalue weighted by Crippen LogP contribution is -2.43. The summed E-state index contributed by atoms with van der Waals surface area (Å²) in [4.78, 5) is 2.01. The Morgan fingerprint density at radius 1 is 1.14 bits per heavy atom. The van der Waals surface area contributed by atoms with Gasteiger partial charge >= 0.3 is 0 Å². The van der Waals surface area contributed by atoms with Crippen LogP contribution in [0.2, 0.25) is 0 Å². The Bertz CT molecular complexity index is 763. The number of ether oxygens (including phenoxy) is 1. The van der Waals surface area contributed by atoms with Crippen molar-refractivity contribution in [3.05, 3.63) is 24.0 Å². The molecule has 0 aliphatic rings. The van der Waals surface area contributed by atoms with Crippen LogP contribution in [-0.4, -0.2) is 51.0 Å². The molecule has 0 aliphatic heterocycles. The summed E-state index contributed by atoms with van der Waals surface area (Å²) in [6, 6.07) is 2.90. The van der Waals surface area contributed by atoms with Gasteiger partial charge in [-0.25, -0.2) is 26.3 Å². The molecule has 1 N–H and O–H groups in total. The predicted molar refractivity (Wildman–Crippen MR) is 109 cm³/mol. The third-order valence-electron chi connectivity index (χ3n) is 4.68. The van der Waals surface area contributed by atoms with Crippen LogP contribution in [0.4, 0.5) is 13.2 Å². The van der Waals surface area contributed by atoms with E-state index in [1.165, 1.54) is 0 Å². The van der Waals surface area contributed by atoms with Gasteiger partial charge in [0.25, 0.3) is 6.43 Å². The molecule has 0 saturated carbocycles. The van der Waals surface area contributed by atoms with Crippen molar-refractivity contribution >= 4 is 10.0 Å². The second kappa shape index (κ2) is 10.1. The smallest absolute Gasteiger partial charge is 0.272 e. The summed E-state index contributed by atoms with van der Waals surface area (Å²) in [6.07, 6.45) is -0.437. The Balaban J connectivity index is 2.73. The van der Waals surface area contributed by atoms with Crippen LogP contribution in [0, 0.1) is 5.82 Å². The molecule has 0 spiro atoms. The molecule has 0 heterocycles. The zero-order valence-electron chi connectivity index (χ0n) is 18.1. The summed E-state index contributed by atoms with van der Waals surface area (Å²) in [5, 5.41) is 0. The van der Waals surface area contributed by atoms with Gasteiger partial charge in [0.15, 0.2) is 11.6 Å². The van der Waals surface area contributed by atoms with E-state index < -0.39 is 40.2 Å². The van der Waals surface area contributed by atoms with E-state index in [1.807, 2.05) is 0 Å². The van der Waals surface area contributed by atoms with Crippen molar-refractivity contribution in [3.63, 3.8) is 0 Å². The average Bonchev–Trinajstić information content (AvgIpc) is 2.55. The maximum Gasteiger partial charge on any atom is 0.272 e. The minimum atomic E-state index is -3.97. The van der Waals surface area contributed by atoms with Crippen molar-refractivity contribution in [3.8, 4) is 5.75 Å². The predicted octanol–water partition coefficient (Wildman–Crippen LogP) is 4.43. The number of nitrogens with one attached hydrogen (secondary N) is 1. The summed E-state index contributed by atoms with van der Waals surface area (Å²) in [7, 11) is -1.92. The Morgan fingerprint density at radius 3 is 2.31 bits per heavy atom. The van der Waals surface area contributed by atoms with E-state index in [1.54, 1.807) is 13.8 Å². The van der Waals surface area contributed by atoms with Crippen molar-refractivity contribution in [2.75, 3.05) is 20.2 Å². The first-order valence-corrected chi connectivity index (χ1v) is 11.1. The highest BCUT2D eigenvalue weighted by molar-refractivity contribution is 7.89. The van der Waals surface area contributed by atoms with Gasteiger partial charge in [-0.1, -0.05) is 6.42 Å². The Kier molecular flexibility index (Phi) is 8.98. The van der Waals surface area contributed by atoms with Gasteiger partial charge in [0.1, 0.15) is 6.61 Å². The van der Waals surface area contributed by atoms with E-state index in [4.69, 9.17) is 0 Å². The zero-order chi connectivity index (χ0) is 22.5. The zero-order valence-corrected chi connectivity index (χ0v) is 18.9. The third-order valence-corrected chi connectivity index (χ3v) is 6.37. The summed E-state index contributed by atoms with van der Waals surface area (Å²) in [5.41, 5.74) is -0.651. The minimum Gasteiger partial charge on any atom is -0.485 e. The largest absolute Gasteiger partial charge is 0.485 e. The quantitative estimate of drug-likeness (QED) is 0.520. The lowest BCUT2D eigenvalue weighted by atomic mass is 9.98. The Hall–Kier alpha value is -1.32. The molecule has 0 atom stereocenters. The lowest BCUT2D eigenvalue weighted by Gasteiger charge is -2.32. The van der Waals surface area contributed by atoms with Gasteiger partial charge in [-0.05, 0) is 73.2 Å². The van der Waals surface area contributed by atoms with Crippen molar-refractivity contribution in [2.24, 2.45) is 0 Å². The molecule has 0 radical (unpaired) electrons. The number of hydrogen-bond donors (Lipinski definition) is 1. The fourth-order valence-electron chi connectivity index (χ4n) is 2.64. The molecule has 0 fully saturated rings. The van der Waals surface area contributed by atoms with Crippen LogP contribution < -0.4 is 9.46 Å². The molecular formula is C20H33F3N2O3S. The first-order valence-electron chi connectivity index (χ1n) is 9.60. The summed E-state index contributed by atoms with van der Waals surface area (Å²) in [6.45, 7) is 9.83. The van der Waals surface area contributed by atoms with E-state index in [-0.39, 0.29) is 10.4 Å². The van der Waals surface area contributed by atoms with E-state index in [2.05, 4.69) is 42.2 Å². The van der Waals surface area contributed by atoms with Gasteiger partial charge in [0.05, 0.1) is 4.90 Å². The second-order valence-corrected chi connectivity index (χ2v) is 10.5. The molecule has 0 bridgehead atoms. The van der Waals surface area contributed by atoms with E-state index in [0.717, 1.165) is 37.6 Å². The number of sulfonamides is 1. The third kappa shape index (κ3) is 8.92. The Morgan fingerprint density at radius 2 is 1.76 bits per heavy atom. The molecule has 0 aromatic heterocycles. The molecular weight excluding hydrogens is 405 g/mol. The molecule has 5 nitrogen and oxygen atoms in total. The average molecular weight is 439 g/mol. The van der Waals surface area contributed by atoms with Crippen molar-refractivity contribution < 1.29 is 26.3 Å². The first kappa shape index (κ1) is 25.7. The highest BCUT2D eigenvalue weighted by Crippen LogP contribution is 2.24. The maximum atomic E-state index is 13.7. The normalized spacial score (nSPS) is 13.3. The fourth-order valence-corrected chi connectivity index (χ4v) is 4.10. The molecule has 29 heavy (non-hydrogen) atoms. The molecule has 168 valence electrons. The van der Waals surface area contributed by atoms with Crippen LogP contribution in [0.5, 0.6) is 5.75 Å². The van der Waals surface area contributed by atoms with Crippen LogP contribution in [0.15, 0.2) is 23.1 Å². The summed E-state index contributed by atoms with van der Waals surface area (Å²) < 4.78 is 70.9. The second-order valence-electron chi connectivity index (χ2n) is 8.83. The van der Waals surface area contributed by atoms with Gasteiger partial charge in [0, 0.05) is 17.1 Å². The highest BCUT2D eigenvalue weighted by Gasteiger charge is 2.27. The molecule has 1 aromatic carbocycles. The molecule has 1 rings (SSSR count). The van der Waals surface area contributed by atoms with Gasteiger partial charge in [-0.2, -0.15) is 0 Å². The SMILES string of the molecule is CN(CCCCC(C)(C)NS(=O)(=O)c1ccc(F)c(OCC(F)F)c1)C(C)(C)C. The first-order chi connectivity index (χ1) is 13.1. The van der Waals surface area contributed by atoms with E-state index in [9.17, 15) is 21.6 Å². The topological polar surface area (TPSA) is 58.6 Å². The minimum absolute atomic E-state index is 0.0732. The van der Waals surface area contributed by atoms with Gasteiger partial charge in [-0.3, -0.25) is 0 Å². The molecule has 0 unspecified atom stereocenters. The standard InChI is InChI=1S/C20H33F3N2O3S/c1-19(2,3)25(6)12-8-7-11-20(4,5)24-29(26,27)15-9-10-16(21)17(13-15)28-14-18(22)23/h9-10,13,18,24H,7-8,11-12,14H2,1-6H3. The van der Waals surface area contributed by atoms with Gasteiger partial charge < -0.3 is 9.64 Å². The number of benzene rings is 1. The highest BCUT2D eigenvalue weighted by atomic mass is 32.2. The maximum absolute atomic E-state index is 13.7. The van der Waals surface area contributed by atoms with Crippen LogP contribution in [0.1, 0.15) is 53.9 Å². The van der Waals surface area contributed by atoms with Crippen molar-refractivity contribution in [1.82, 2.24) is 9.62 Å². The fraction of sp³-hybridized carbons (Fsp3) is 0.700. The number of nitrogens with zero attached hydrogens (tertiary/aromatic N) is 1. The van der Waals surface area contributed by atoms with Crippen LogP contribution >= 0.6 is 0 Å². The number of alkyl halides is 2.